The summed E-state index contributed by atoms with van der Waals surface area (Å²) in [4.78, 5) is 11.7. The monoisotopic (exact) mass is 195 g/mol. The van der Waals surface area contributed by atoms with Gasteiger partial charge in [0.05, 0.1) is 12.5 Å². The van der Waals surface area contributed by atoms with Gasteiger partial charge in [-0.05, 0) is 31.6 Å². The quantitative estimate of drug-likeness (QED) is 0.530. The van der Waals surface area contributed by atoms with Crippen LogP contribution >= 0.6 is 0 Å². The van der Waals surface area contributed by atoms with Crippen molar-refractivity contribution in [3.63, 3.8) is 0 Å². The number of hydrogen-bond donors (Lipinski definition) is 1. The van der Waals surface area contributed by atoms with E-state index in [9.17, 15) is 4.79 Å². The molecule has 78 valence electrons. The normalized spacial score (nSPS) is 39.9. The van der Waals surface area contributed by atoms with Crippen molar-refractivity contribution in [1.29, 1.82) is 0 Å². The topological polar surface area (TPSA) is 52.3 Å². The minimum Gasteiger partial charge on any atom is -0.466 e. The summed E-state index contributed by atoms with van der Waals surface area (Å²) in [6.45, 7) is 2.28. The van der Waals surface area contributed by atoms with Crippen LogP contribution in [0.4, 0.5) is 0 Å². The lowest BCUT2D eigenvalue weighted by atomic mass is 9.66. The Hall–Kier alpha value is -0.830. The highest BCUT2D eigenvalue weighted by Gasteiger charge is 2.43. The van der Waals surface area contributed by atoms with Crippen LogP contribution in [0.1, 0.15) is 19.8 Å². The van der Waals surface area contributed by atoms with Crippen LogP contribution in [0.3, 0.4) is 0 Å². The third-order valence-corrected chi connectivity index (χ3v) is 3.37. The molecule has 0 aromatic heterocycles. The summed E-state index contributed by atoms with van der Waals surface area (Å²) in [6.07, 6.45) is 6.50. The molecule has 0 spiro atoms. The van der Waals surface area contributed by atoms with Gasteiger partial charge in [0.2, 0.25) is 0 Å². The van der Waals surface area contributed by atoms with Crippen LogP contribution in [0.25, 0.3) is 0 Å². The predicted octanol–water partition coefficient (Wildman–Crippen LogP) is 1.09. The number of rotatable bonds is 2. The molecule has 0 amide bonds. The zero-order valence-electron chi connectivity index (χ0n) is 8.48. The van der Waals surface area contributed by atoms with Crippen LogP contribution in [0.15, 0.2) is 12.2 Å². The molecule has 14 heavy (non-hydrogen) atoms. The number of hydrogen-bond acceptors (Lipinski definition) is 3. The SMILES string of the molecule is CCOC(=O)[C@@H]1[C@@H](N)[C@H]2C=C[C@@H]1CC2. The Morgan fingerprint density at radius 1 is 1.43 bits per heavy atom. The van der Waals surface area contributed by atoms with Crippen molar-refractivity contribution < 1.29 is 9.53 Å². The van der Waals surface area contributed by atoms with Gasteiger partial charge in [0.25, 0.3) is 0 Å². The molecule has 3 aliphatic rings. The number of esters is 1. The third kappa shape index (κ3) is 1.46. The van der Waals surface area contributed by atoms with E-state index in [2.05, 4.69) is 12.2 Å². The molecule has 4 atom stereocenters. The minimum absolute atomic E-state index is 0.0298. The largest absolute Gasteiger partial charge is 0.466 e. The molecule has 3 nitrogen and oxygen atoms in total. The van der Waals surface area contributed by atoms with Crippen LogP contribution < -0.4 is 5.73 Å². The summed E-state index contributed by atoms with van der Waals surface area (Å²) in [7, 11) is 0. The maximum atomic E-state index is 11.7. The number of fused-ring (bicyclic) bond motifs is 2. The maximum Gasteiger partial charge on any atom is 0.311 e. The van der Waals surface area contributed by atoms with Crippen molar-refractivity contribution in [3.8, 4) is 0 Å². The van der Waals surface area contributed by atoms with Crippen molar-refractivity contribution in [1.82, 2.24) is 0 Å². The van der Waals surface area contributed by atoms with Crippen molar-refractivity contribution in [2.24, 2.45) is 23.5 Å². The molecular formula is C11H17NO2. The van der Waals surface area contributed by atoms with Gasteiger partial charge >= 0.3 is 5.97 Å². The van der Waals surface area contributed by atoms with Crippen LogP contribution in [-0.4, -0.2) is 18.6 Å². The lowest BCUT2D eigenvalue weighted by Crippen LogP contribution is -2.50. The summed E-state index contributed by atoms with van der Waals surface area (Å²) in [6, 6.07) is -0.0298. The van der Waals surface area contributed by atoms with Gasteiger partial charge < -0.3 is 10.5 Å². The highest BCUT2D eigenvalue weighted by atomic mass is 16.5. The van der Waals surface area contributed by atoms with Gasteiger partial charge in [0, 0.05) is 6.04 Å². The molecule has 2 bridgehead atoms. The fourth-order valence-corrected chi connectivity index (χ4v) is 2.60. The zero-order chi connectivity index (χ0) is 10.1. The highest BCUT2D eigenvalue weighted by Crippen LogP contribution is 2.40. The predicted molar refractivity (Wildman–Crippen MR) is 53.5 cm³/mol. The van der Waals surface area contributed by atoms with Gasteiger partial charge in [-0.1, -0.05) is 12.2 Å². The van der Waals surface area contributed by atoms with Gasteiger partial charge in [-0.2, -0.15) is 0 Å². The Labute approximate surface area is 84.3 Å². The molecule has 2 N–H and O–H groups in total. The summed E-state index contributed by atoms with van der Waals surface area (Å²) in [5.74, 6) is 0.487. The van der Waals surface area contributed by atoms with Gasteiger partial charge in [0.15, 0.2) is 0 Å². The van der Waals surface area contributed by atoms with E-state index in [0.29, 0.717) is 18.4 Å². The first-order valence-electron chi connectivity index (χ1n) is 5.34. The van der Waals surface area contributed by atoms with Crippen molar-refractivity contribution in [2.45, 2.75) is 25.8 Å². The molecule has 0 aromatic carbocycles. The number of carbonyl (C=O) groups is 1. The lowest BCUT2D eigenvalue weighted by molar-refractivity contribution is -0.152. The van der Waals surface area contributed by atoms with E-state index >= 15 is 0 Å². The van der Waals surface area contributed by atoms with Crippen LogP contribution in [0, 0.1) is 17.8 Å². The van der Waals surface area contributed by atoms with Gasteiger partial charge in [-0.3, -0.25) is 4.79 Å². The van der Waals surface area contributed by atoms with Crippen molar-refractivity contribution >= 4 is 5.97 Å². The molecule has 3 rings (SSSR count). The first-order valence-corrected chi connectivity index (χ1v) is 5.34. The van der Waals surface area contributed by atoms with E-state index in [-0.39, 0.29) is 17.9 Å². The molecular weight excluding hydrogens is 178 g/mol. The Morgan fingerprint density at radius 2 is 2.07 bits per heavy atom. The first kappa shape index (κ1) is 9.71. The molecule has 0 unspecified atom stereocenters. The van der Waals surface area contributed by atoms with E-state index in [1.807, 2.05) is 6.92 Å². The number of allylic oxidation sites excluding steroid dienone is 1. The lowest BCUT2D eigenvalue weighted by Gasteiger charge is -2.41. The Kier molecular flexibility index (Phi) is 2.59. The van der Waals surface area contributed by atoms with Crippen molar-refractivity contribution in [3.05, 3.63) is 12.2 Å². The van der Waals surface area contributed by atoms with Crippen LogP contribution in [0.2, 0.25) is 0 Å². The summed E-state index contributed by atoms with van der Waals surface area (Å²) >= 11 is 0. The summed E-state index contributed by atoms with van der Waals surface area (Å²) in [5.41, 5.74) is 6.04. The summed E-state index contributed by atoms with van der Waals surface area (Å²) < 4.78 is 5.05. The highest BCUT2D eigenvalue weighted by molar-refractivity contribution is 5.74. The fourth-order valence-electron chi connectivity index (χ4n) is 2.60. The second-order valence-corrected chi connectivity index (χ2v) is 4.15. The zero-order valence-corrected chi connectivity index (χ0v) is 8.48. The molecule has 0 aliphatic heterocycles. The molecule has 1 saturated carbocycles. The van der Waals surface area contributed by atoms with E-state index < -0.39 is 0 Å². The molecule has 0 radical (unpaired) electrons. The molecule has 1 fully saturated rings. The maximum absolute atomic E-state index is 11.7. The Balaban J connectivity index is 2.12. The molecule has 0 saturated heterocycles. The van der Waals surface area contributed by atoms with Crippen molar-refractivity contribution in [2.75, 3.05) is 6.61 Å². The molecule has 3 heteroatoms. The first-order chi connectivity index (χ1) is 6.74. The van der Waals surface area contributed by atoms with Gasteiger partial charge in [-0.15, -0.1) is 0 Å². The number of ether oxygens (including phenoxy) is 1. The van der Waals surface area contributed by atoms with E-state index in [1.165, 1.54) is 0 Å². The number of carbonyl (C=O) groups excluding carboxylic acids is 1. The molecule has 0 aromatic rings. The summed E-state index contributed by atoms with van der Waals surface area (Å²) in [5, 5.41) is 0. The average molecular weight is 195 g/mol. The average Bonchev–Trinajstić information content (AvgIpc) is 2.19. The number of nitrogens with two attached hydrogens (primary N) is 1. The second-order valence-electron chi connectivity index (χ2n) is 4.15. The van der Waals surface area contributed by atoms with E-state index in [1.54, 1.807) is 0 Å². The van der Waals surface area contributed by atoms with E-state index in [0.717, 1.165) is 12.8 Å². The van der Waals surface area contributed by atoms with Crippen LogP contribution in [0.5, 0.6) is 0 Å². The standard InChI is InChI=1S/C11H17NO2/c1-2-14-11(13)9-7-3-5-8(6-4-7)10(9)12/h3,5,7-10H,2,4,6,12H2,1H3/t7-,8+,9+,10+/m1/s1. The fraction of sp³-hybridized carbons (Fsp3) is 0.727. The van der Waals surface area contributed by atoms with E-state index in [4.69, 9.17) is 10.5 Å². The van der Waals surface area contributed by atoms with Gasteiger partial charge in [0.1, 0.15) is 0 Å². The molecule has 3 aliphatic carbocycles. The minimum atomic E-state index is -0.112. The second kappa shape index (κ2) is 3.73. The Bertz CT molecular complexity index is 262. The van der Waals surface area contributed by atoms with Gasteiger partial charge in [-0.25, -0.2) is 0 Å². The molecule has 0 heterocycles. The van der Waals surface area contributed by atoms with Crippen LogP contribution in [-0.2, 0) is 9.53 Å². The smallest absolute Gasteiger partial charge is 0.311 e. The third-order valence-electron chi connectivity index (χ3n) is 3.37. The Morgan fingerprint density at radius 3 is 2.57 bits per heavy atom.